The van der Waals surface area contributed by atoms with Crippen LogP contribution in [0.2, 0.25) is 0 Å². The summed E-state index contributed by atoms with van der Waals surface area (Å²) in [6, 6.07) is 14.1. The third-order valence-corrected chi connectivity index (χ3v) is 2.97. The number of halogens is 1. The highest BCUT2D eigenvalue weighted by molar-refractivity contribution is 5.68. The number of carbonyl (C=O) groups excluding carboxylic acids is 1. The quantitative estimate of drug-likeness (QED) is 0.905. The van der Waals surface area contributed by atoms with E-state index in [9.17, 15) is 9.18 Å². The number of hydrogen-bond acceptors (Lipinski definition) is 2. The highest BCUT2D eigenvalue weighted by Gasteiger charge is 2.15. The van der Waals surface area contributed by atoms with Gasteiger partial charge in [-0.05, 0) is 49.6 Å². The van der Waals surface area contributed by atoms with E-state index >= 15 is 0 Å². The third-order valence-electron chi connectivity index (χ3n) is 2.97. The van der Waals surface area contributed by atoms with Crippen molar-refractivity contribution in [1.29, 1.82) is 0 Å². The Morgan fingerprint density at radius 3 is 2.00 bits per heavy atom. The van der Waals surface area contributed by atoms with E-state index < -0.39 is 11.7 Å². The van der Waals surface area contributed by atoms with Crippen LogP contribution in [0.25, 0.3) is 11.1 Å². The summed E-state index contributed by atoms with van der Waals surface area (Å²) in [5, 5.41) is 2.71. The zero-order chi connectivity index (χ0) is 16.2. The van der Waals surface area contributed by atoms with Gasteiger partial charge < -0.3 is 10.1 Å². The van der Waals surface area contributed by atoms with Crippen molar-refractivity contribution in [2.45, 2.75) is 32.9 Å². The van der Waals surface area contributed by atoms with Crippen LogP contribution in [-0.4, -0.2) is 11.7 Å². The molecule has 0 aromatic heterocycles. The zero-order valence-electron chi connectivity index (χ0n) is 13.0. The molecular formula is C18H20FNO2. The van der Waals surface area contributed by atoms with E-state index in [1.807, 2.05) is 45.0 Å². The first-order chi connectivity index (χ1) is 10.3. The lowest BCUT2D eigenvalue weighted by atomic mass is 10.0. The van der Waals surface area contributed by atoms with Gasteiger partial charge in [0.1, 0.15) is 11.4 Å². The highest BCUT2D eigenvalue weighted by Crippen LogP contribution is 2.20. The van der Waals surface area contributed by atoms with Gasteiger partial charge in [-0.25, -0.2) is 9.18 Å². The maximum Gasteiger partial charge on any atom is 0.407 e. The van der Waals surface area contributed by atoms with Crippen molar-refractivity contribution in [2.24, 2.45) is 0 Å². The zero-order valence-corrected chi connectivity index (χ0v) is 13.0. The summed E-state index contributed by atoms with van der Waals surface area (Å²) in [7, 11) is 0. The summed E-state index contributed by atoms with van der Waals surface area (Å²) in [5.74, 6) is -0.248. The molecule has 0 radical (unpaired) electrons. The van der Waals surface area contributed by atoms with Crippen LogP contribution >= 0.6 is 0 Å². The topological polar surface area (TPSA) is 38.3 Å². The van der Waals surface area contributed by atoms with Gasteiger partial charge in [0.15, 0.2) is 0 Å². The minimum atomic E-state index is -0.503. The van der Waals surface area contributed by atoms with Crippen molar-refractivity contribution in [3.05, 3.63) is 59.9 Å². The molecule has 22 heavy (non-hydrogen) atoms. The summed E-state index contributed by atoms with van der Waals surface area (Å²) in [6.07, 6.45) is -0.435. The van der Waals surface area contributed by atoms with Crippen LogP contribution in [0.5, 0.6) is 0 Å². The van der Waals surface area contributed by atoms with Gasteiger partial charge in [0.25, 0.3) is 0 Å². The minimum absolute atomic E-state index is 0.248. The van der Waals surface area contributed by atoms with Gasteiger partial charge in [-0.2, -0.15) is 0 Å². The molecule has 2 aromatic rings. The molecular weight excluding hydrogens is 281 g/mol. The largest absolute Gasteiger partial charge is 0.444 e. The molecule has 4 heteroatoms. The van der Waals surface area contributed by atoms with Crippen molar-refractivity contribution < 1.29 is 13.9 Å². The first-order valence-corrected chi connectivity index (χ1v) is 7.15. The van der Waals surface area contributed by atoms with Gasteiger partial charge in [-0.15, -0.1) is 0 Å². The molecule has 0 aliphatic carbocycles. The van der Waals surface area contributed by atoms with E-state index in [4.69, 9.17) is 4.74 Å². The van der Waals surface area contributed by atoms with E-state index in [1.165, 1.54) is 12.1 Å². The number of benzene rings is 2. The predicted molar refractivity (Wildman–Crippen MR) is 84.9 cm³/mol. The molecule has 3 nitrogen and oxygen atoms in total. The van der Waals surface area contributed by atoms with Crippen LogP contribution in [0, 0.1) is 5.82 Å². The van der Waals surface area contributed by atoms with E-state index in [-0.39, 0.29) is 5.82 Å². The van der Waals surface area contributed by atoms with Crippen LogP contribution in [0.15, 0.2) is 48.5 Å². The van der Waals surface area contributed by atoms with Crippen molar-refractivity contribution >= 4 is 6.09 Å². The average Bonchev–Trinajstić information content (AvgIpc) is 2.45. The predicted octanol–water partition coefficient (Wildman–Crippen LogP) is 4.52. The Kier molecular flexibility index (Phi) is 4.81. The molecule has 0 aliphatic heterocycles. The summed E-state index contributed by atoms with van der Waals surface area (Å²) in [5.41, 5.74) is 2.42. The summed E-state index contributed by atoms with van der Waals surface area (Å²) >= 11 is 0. The Labute approximate surface area is 130 Å². The maximum absolute atomic E-state index is 12.9. The van der Waals surface area contributed by atoms with Gasteiger partial charge >= 0.3 is 6.09 Å². The van der Waals surface area contributed by atoms with E-state index in [0.29, 0.717) is 6.54 Å². The highest BCUT2D eigenvalue weighted by atomic mass is 19.1. The number of carbonyl (C=O) groups is 1. The molecule has 0 saturated heterocycles. The number of alkyl carbamates (subject to hydrolysis) is 1. The Bertz CT molecular complexity index is 628. The fourth-order valence-electron chi connectivity index (χ4n) is 1.95. The smallest absolute Gasteiger partial charge is 0.407 e. The molecule has 1 N–H and O–H groups in total. The van der Waals surface area contributed by atoms with Crippen LogP contribution in [0.1, 0.15) is 26.3 Å². The molecule has 0 saturated carbocycles. The van der Waals surface area contributed by atoms with Crippen molar-refractivity contribution in [3.63, 3.8) is 0 Å². The SMILES string of the molecule is CC(C)(C)OC(=O)NCc1ccc(-c2ccc(F)cc2)cc1. The van der Waals surface area contributed by atoms with Crippen LogP contribution in [-0.2, 0) is 11.3 Å². The summed E-state index contributed by atoms with van der Waals surface area (Å²) in [6.45, 7) is 5.87. The Hall–Kier alpha value is -2.36. The standard InChI is InChI=1S/C18H20FNO2/c1-18(2,3)22-17(21)20-12-13-4-6-14(7-5-13)15-8-10-16(19)11-9-15/h4-11H,12H2,1-3H3,(H,20,21). The molecule has 0 unspecified atom stereocenters. The summed E-state index contributed by atoms with van der Waals surface area (Å²) in [4.78, 5) is 11.6. The van der Waals surface area contributed by atoms with Gasteiger partial charge in [-0.1, -0.05) is 36.4 Å². The fourth-order valence-corrected chi connectivity index (χ4v) is 1.95. The first kappa shape index (κ1) is 16.0. The molecule has 1 amide bonds. The van der Waals surface area contributed by atoms with Crippen molar-refractivity contribution in [3.8, 4) is 11.1 Å². The second-order valence-corrected chi connectivity index (χ2v) is 6.06. The molecule has 0 atom stereocenters. The number of nitrogens with one attached hydrogen (secondary N) is 1. The Morgan fingerprint density at radius 2 is 1.50 bits per heavy atom. The molecule has 0 fully saturated rings. The molecule has 0 spiro atoms. The second kappa shape index (κ2) is 6.60. The fraction of sp³-hybridized carbons (Fsp3) is 0.278. The van der Waals surface area contributed by atoms with Gasteiger partial charge in [0.2, 0.25) is 0 Å². The van der Waals surface area contributed by atoms with Crippen molar-refractivity contribution in [1.82, 2.24) is 5.32 Å². The lowest BCUT2D eigenvalue weighted by molar-refractivity contribution is 0.0523. The Balaban J connectivity index is 1.95. The van der Waals surface area contributed by atoms with Gasteiger partial charge in [0, 0.05) is 6.54 Å². The number of rotatable bonds is 3. The monoisotopic (exact) mass is 301 g/mol. The molecule has 2 aromatic carbocycles. The van der Waals surface area contributed by atoms with E-state index in [2.05, 4.69) is 5.32 Å². The Morgan fingerprint density at radius 1 is 1.00 bits per heavy atom. The summed E-state index contributed by atoms with van der Waals surface area (Å²) < 4.78 is 18.1. The lowest BCUT2D eigenvalue weighted by Crippen LogP contribution is -2.32. The molecule has 0 aliphatic rings. The van der Waals surface area contributed by atoms with Crippen LogP contribution in [0.3, 0.4) is 0 Å². The molecule has 116 valence electrons. The normalized spacial score (nSPS) is 11.1. The number of hydrogen-bond donors (Lipinski definition) is 1. The van der Waals surface area contributed by atoms with Gasteiger partial charge in [-0.3, -0.25) is 0 Å². The number of amides is 1. The van der Waals surface area contributed by atoms with E-state index in [0.717, 1.165) is 16.7 Å². The second-order valence-electron chi connectivity index (χ2n) is 6.06. The van der Waals surface area contributed by atoms with Crippen molar-refractivity contribution in [2.75, 3.05) is 0 Å². The lowest BCUT2D eigenvalue weighted by Gasteiger charge is -2.19. The number of ether oxygens (including phenoxy) is 1. The maximum atomic E-state index is 12.9. The third kappa shape index (κ3) is 4.88. The minimum Gasteiger partial charge on any atom is -0.444 e. The van der Waals surface area contributed by atoms with Crippen LogP contribution in [0.4, 0.5) is 9.18 Å². The average molecular weight is 301 g/mol. The van der Waals surface area contributed by atoms with Gasteiger partial charge in [0.05, 0.1) is 0 Å². The van der Waals surface area contributed by atoms with Crippen LogP contribution < -0.4 is 5.32 Å². The first-order valence-electron chi connectivity index (χ1n) is 7.15. The van der Waals surface area contributed by atoms with E-state index in [1.54, 1.807) is 12.1 Å². The molecule has 2 rings (SSSR count). The molecule has 0 bridgehead atoms. The molecule has 0 heterocycles.